The van der Waals surface area contributed by atoms with Crippen molar-refractivity contribution in [2.45, 2.75) is 179 Å². The molecule has 1 aliphatic rings. The number of aryl methyl sites for hydroxylation is 1. The van der Waals surface area contributed by atoms with Crippen molar-refractivity contribution in [2.24, 2.45) is 17.6 Å². The fourth-order valence-corrected chi connectivity index (χ4v) is 15.7. The highest BCUT2D eigenvalue weighted by atomic mass is 32.2. The van der Waals surface area contributed by atoms with Gasteiger partial charge in [0.15, 0.2) is 0 Å². The number of unbranched alkanes of at least 4 members (excludes halogenated alkanes) is 1. The number of nitrogens with two attached hydrogens (primary N) is 1. The summed E-state index contributed by atoms with van der Waals surface area (Å²) in [5, 5.41) is 45.8. The topological polar surface area (TPSA) is 463 Å². The molecule has 6 aromatic carbocycles. The van der Waals surface area contributed by atoms with Crippen LogP contribution in [0.3, 0.4) is 0 Å². The Kier molecular flexibility index (Phi) is 37.8. The summed E-state index contributed by atoms with van der Waals surface area (Å²) in [5.74, 6) is -14.2. The highest BCUT2D eigenvalue weighted by Gasteiger charge is 2.42. The molecule has 1 saturated heterocycles. The van der Waals surface area contributed by atoms with E-state index in [1.807, 2.05) is 6.92 Å². The molecule has 0 spiro atoms. The minimum absolute atomic E-state index is 0.0378. The van der Waals surface area contributed by atoms with Crippen molar-refractivity contribution in [2.75, 3.05) is 66.4 Å². The number of nitrogens with one attached hydrogen (secondary N) is 10. The van der Waals surface area contributed by atoms with Crippen LogP contribution in [-0.4, -0.2) is 261 Å². The van der Waals surface area contributed by atoms with Crippen molar-refractivity contribution >= 4 is 111 Å². The van der Waals surface area contributed by atoms with E-state index < -0.39 is 186 Å². The minimum Gasteiger partial charge on any atom is -0.508 e. The number of para-hydroxylation sites is 1. The number of phenols is 2. The van der Waals surface area contributed by atoms with E-state index in [9.17, 15) is 48.6 Å². The number of carbonyl (C=O) groups excluding carboxylic acids is 15. The van der Waals surface area contributed by atoms with Crippen LogP contribution >= 0.6 is 11.8 Å². The molecule has 0 aliphatic carbocycles. The van der Waals surface area contributed by atoms with E-state index in [-0.39, 0.29) is 81.0 Å². The number of nitrogens with zero attached hydrogens (tertiary/aromatic N) is 5. The number of carbonyl (C=O) groups is 15. The smallest absolute Gasteiger partial charge is 0.246 e. The first kappa shape index (κ1) is 99.3. The molecular weight excluding hydrogens is 1650 g/mol. The molecule has 127 heavy (non-hydrogen) atoms. The van der Waals surface area contributed by atoms with Gasteiger partial charge in [-0.1, -0.05) is 181 Å². The van der Waals surface area contributed by atoms with E-state index in [2.05, 4.69) is 52.8 Å². The van der Waals surface area contributed by atoms with E-state index in [1.165, 1.54) is 88.4 Å². The number of rotatable bonds is 22. The second-order valence-electron chi connectivity index (χ2n) is 33.0. The van der Waals surface area contributed by atoms with Gasteiger partial charge in [0.2, 0.25) is 88.6 Å². The predicted molar refractivity (Wildman–Crippen MR) is 480 cm³/mol. The number of H-pyrrole nitrogens is 1. The first-order valence-electron chi connectivity index (χ1n) is 42.5. The van der Waals surface area contributed by atoms with Crippen molar-refractivity contribution in [1.29, 1.82) is 0 Å². The number of aromatic amines is 1. The maximum absolute atomic E-state index is 15.5. The molecule has 1 aromatic heterocycles. The third kappa shape index (κ3) is 30.0. The average molecular weight is 1770 g/mol. The van der Waals surface area contributed by atoms with Gasteiger partial charge in [-0.25, -0.2) is 0 Å². The molecule has 14 N–H and O–H groups in total. The summed E-state index contributed by atoms with van der Waals surface area (Å²) in [6.07, 6.45) is 1.90. The Balaban J connectivity index is 1.19. The van der Waals surface area contributed by atoms with Gasteiger partial charge in [0.05, 0.1) is 25.4 Å². The normalized spacial score (nSPS) is 22.1. The Morgan fingerprint density at radius 2 is 0.945 bits per heavy atom. The molecule has 33 nitrogen and oxygen atoms in total. The quantitative estimate of drug-likeness (QED) is 0.0463. The van der Waals surface area contributed by atoms with E-state index in [4.69, 9.17) is 5.73 Å². The minimum atomic E-state index is -1.57. The second-order valence-corrected chi connectivity index (χ2v) is 34.0. The van der Waals surface area contributed by atoms with Crippen LogP contribution in [0.15, 0.2) is 170 Å². The summed E-state index contributed by atoms with van der Waals surface area (Å²) in [5.41, 5.74) is 9.57. The van der Waals surface area contributed by atoms with Crippen molar-refractivity contribution in [3.8, 4) is 11.5 Å². The zero-order valence-corrected chi connectivity index (χ0v) is 74.5. The Morgan fingerprint density at radius 3 is 1.52 bits per heavy atom. The largest absolute Gasteiger partial charge is 0.508 e. The fourth-order valence-electron chi connectivity index (χ4n) is 14.9. The van der Waals surface area contributed by atoms with Crippen molar-refractivity contribution < 1.29 is 82.1 Å². The fraction of sp³-hybridized carbons (Fsp3) is 0.430. The van der Waals surface area contributed by atoms with E-state index in [0.29, 0.717) is 57.1 Å². The molecule has 0 radical (unpaired) electrons. The number of amides is 15. The molecule has 2 heterocycles. The van der Waals surface area contributed by atoms with Crippen LogP contribution in [0.25, 0.3) is 10.9 Å². The number of aromatic hydroxyl groups is 2. The average Bonchev–Trinajstić information content (AvgIpc) is 1.76. The monoisotopic (exact) mass is 1760 g/mol. The maximum atomic E-state index is 15.5. The van der Waals surface area contributed by atoms with Crippen molar-refractivity contribution in [1.82, 2.24) is 77.3 Å². The zero-order valence-electron chi connectivity index (χ0n) is 73.7. The number of benzene rings is 6. The Bertz CT molecular complexity index is 4950. The molecule has 11 atom stereocenters. The third-order valence-corrected chi connectivity index (χ3v) is 23.1. The van der Waals surface area contributed by atoms with E-state index >= 15 is 33.6 Å². The van der Waals surface area contributed by atoms with Gasteiger partial charge < -0.3 is 93.3 Å². The summed E-state index contributed by atoms with van der Waals surface area (Å²) in [7, 11) is 6.86. The number of aromatic nitrogens is 1. The second kappa shape index (κ2) is 48.4. The van der Waals surface area contributed by atoms with Crippen LogP contribution in [0.2, 0.25) is 0 Å². The molecule has 680 valence electrons. The highest BCUT2D eigenvalue weighted by Crippen LogP contribution is 2.25. The molecule has 8 rings (SSSR count). The Labute approximate surface area is 744 Å². The molecule has 34 heteroatoms. The van der Waals surface area contributed by atoms with E-state index in [1.54, 1.807) is 161 Å². The lowest BCUT2D eigenvalue weighted by Crippen LogP contribution is -2.60. The Hall–Kier alpha value is -13.1. The van der Waals surface area contributed by atoms with Crippen LogP contribution in [0.5, 0.6) is 11.5 Å². The predicted octanol–water partition coefficient (Wildman–Crippen LogP) is 3.26. The van der Waals surface area contributed by atoms with Crippen LogP contribution in [-0.2, 0) is 110 Å². The van der Waals surface area contributed by atoms with Gasteiger partial charge in [-0.05, 0) is 108 Å². The molecule has 1 aliphatic heterocycles. The van der Waals surface area contributed by atoms with Gasteiger partial charge in [0.25, 0.3) is 0 Å². The summed E-state index contributed by atoms with van der Waals surface area (Å²) in [6.45, 7) is 8.08. The lowest BCUT2D eigenvalue weighted by Gasteiger charge is -2.37. The number of phenolic OH excluding ortho intramolecular Hbond substituents is 2. The summed E-state index contributed by atoms with van der Waals surface area (Å²) >= 11 is 0.852. The molecule has 15 amide bonds. The lowest BCUT2D eigenvalue weighted by molar-refractivity contribution is -0.151. The van der Waals surface area contributed by atoms with Crippen LogP contribution in [0, 0.1) is 11.8 Å². The van der Waals surface area contributed by atoms with Gasteiger partial charge in [0.1, 0.15) is 78.0 Å². The maximum Gasteiger partial charge on any atom is 0.246 e. The molecule has 0 saturated carbocycles. The number of likely N-dealkylation sites (N-methyl/N-ethyl adjacent to an activating group) is 5. The van der Waals surface area contributed by atoms with Crippen LogP contribution in [0.1, 0.15) is 107 Å². The molecule has 0 unspecified atom stereocenters. The standard InChI is InChI=1S/C93H120N16O17S/c1-12-13-33-75-91(124)106(8)52-79(113)97-58(6)83(116)104-82(57(4)5)93(126)108(10)76(47-61-27-19-15-20-28-61)88(121)100-69(43-38-59-34-39-65(110)40-35-59)89(122)105(7)53-80(114)98-72(49-64-50-95-68-32-24-23-31-67(64)68)87(120)102-71(45-63-36-41-66(111)42-37-63)86(119)101-70(44-56(2)3)85(118)103-74(84(117)96-51-78(94)112)54-127-55-81(115)99-73(46-60-25-17-14-18-26-60)90(123)109(11)77(92(125)107(75)9)48-62-29-21-16-22-30-62/h14-32,34-37,39-42,50,56-58,69-77,82,95,110-111H,12-13,33,38,43-49,51-55H2,1-11H3,(H2,94,112)(H,96,117)(H,97,113)(H,98,114)(H,99,115)(H,100,121)(H,101,119)(H,102,120)(H,103,118)(H,104,116)/t58-,69-,70-,71-,72-,73-,74-,75-,76-,77-,82-/m0/s1. The van der Waals surface area contributed by atoms with Gasteiger partial charge in [-0.3, -0.25) is 71.9 Å². The van der Waals surface area contributed by atoms with Gasteiger partial charge in [0, 0.05) is 90.2 Å². The number of thioether (sulfide) groups is 1. The highest BCUT2D eigenvalue weighted by molar-refractivity contribution is 8.00. The first-order valence-corrected chi connectivity index (χ1v) is 43.7. The summed E-state index contributed by atoms with van der Waals surface area (Å²) < 4.78 is 0. The molecular formula is C93H120N16O17S. The van der Waals surface area contributed by atoms with Gasteiger partial charge in [-0.2, -0.15) is 0 Å². The summed E-state index contributed by atoms with van der Waals surface area (Å²) in [6, 6.07) is 29.7. The molecule has 7 aromatic rings. The van der Waals surface area contributed by atoms with Gasteiger partial charge >= 0.3 is 0 Å². The molecule has 1 fully saturated rings. The number of primary amides is 1. The lowest BCUT2D eigenvalue weighted by atomic mass is 9.98. The van der Waals surface area contributed by atoms with Crippen LogP contribution < -0.4 is 53.6 Å². The Morgan fingerprint density at radius 1 is 0.465 bits per heavy atom. The van der Waals surface area contributed by atoms with Crippen molar-refractivity contribution in [3.05, 3.63) is 203 Å². The number of fused-ring (bicyclic) bond motifs is 1. The van der Waals surface area contributed by atoms with E-state index in [0.717, 1.165) is 26.5 Å². The van der Waals surface area contributed by atoms with Crippen molar-refractivity contribution in [3.63, 3.8) is 0 Å². The molecule has 0 bridgehead atoms. The number of hydrogen-bond donors (Lipinski definition) is 13. The summed E-state index contributed by atoms with van der Waals surface area (Å²) in [4.78, 5) is 230. The van der Waals surface area contributed by atoms with Gasteiger partial charge in [-0.15, -0.1) is 11.8 Å². The SMILES string of the molecule is CCCC[C@H]1C(=O)N(C)CC(=O)N[C@@H](C)C(=O)N[C@@H](C(C)C)C(=O)N(C)[C@@H](Cc2ccccc2)C(=O)N[C@@H](CCc2ccc(O)cc2)C(=O)N(C)CC(=O)N[C@@H](Cc2c[nH]c3ccccc23)C(=O)N[C@@H](Cc2ccc(O)cc2)C(=O)N[C@@H](CC(C)C)C(=O)N[C@H](C(=O)NCC(N)=O)CSCC(=O)N[C@@H](Cc2ccccc2)C(=O)N(C)[C@@H](Cc2ccccc2)C(=O)N1C. The first-order chi connectivity index (χ1) is 60.5. The zero-order chi connectivity index (χ0) is 92.7. The van der Waals surface area contributed by atoms with Crippen LogP contribution in [0.4, 0.5) is 0 Å². The number of hydrogen-bond acceptors (Lipinski definition) is 18. The third-order valence-electron chi connectivity index (χ3n) is 22.1.